The third-order valence-corrected chi connectivity index (χ3v) is 3.69. The Balaban J connectivity index is 1.94. The van der Waals surface area contributed by atoms with Crippen LogP contribution in [0, 0.1) is 5.41 Å². The zero-order valence-corrected chi connectivity index (χ0v) is 12.2. The largest absolute Gasteiger partial charge is 0.503 e. The molecule has 1 aromatic rings. The highest BCUT2D eigenvalue weighted by Gasteiger charge is 2.32. The predicted molar refractivity (Wildman–Crippen MR) is 73.0 cm³/mol. The molecule has 0 spiro atoms. The van der Waals surface area contributed by atoms with Crippen molar-refractivity contribution in [3.05, 3.63) is 22.2 Å². The first-order valence-electron chi connectivity index (χ1n) is 5.88. The molecular formula is C13H18BrNO3. The second-order valence-electron chi connectivity index (χ2n) is 5.04. The van der Waals surface area contributed by atoms with Crippen LogP contribution < -0.4 is 10.1 Å². The van der Waals surface area contributed by atoms with Crippen LogP contribution in [0.2, 0.25) is 0 Å². The molecule has 0 unspecified atom stereocenters. The molecule has 1 aliphatic rings. The molecule has 0 aliphatic carbocycles. The zero-order valence-electron chi connectivity index (χ0n) is 10.6. The molecule has 0 radical (unpaired) electrons. The molecule has 1 aliphatic heterocycles. The van der Waals surface area contributed by atoms with Gasteiger partial charge in [0.25, 0.3) is 0 Å². The normalized spacial score (nSPS) is 17.3. The van der Waals surface area contributed by atoms with Crippen molar-refractivity contribution >= 4 is 15.9 Å². The molecule has 18 heavy (non-hydrogen) atoms. The van der Waals surface area contributed by atoms with Gasteiger partial charge in [-0.05, 0) is 33.6 Å². The summed E-state index contributed by atoms with van der Waals surface area (Å²) in [5.41, 5.74) is 1.33. The maximum absolute atomic E-state index is 9.72. The van der Waals surface area contributed by atoms with Crippen molar-refractivity contribution in [1.82, 2.24) is 5.32 Å². The van der Waals surface area contributed by atoms with E-state index in [9.17, 15) is 5.11 Å². The summed E-state index contributed by atoms with van der Waals surface area (Å²) in [5.74, 6) is 0.625. The van der Waals surface area contributed by atoms with Crippen LogP contribution in [-0.4, -0.2) is 32.0 Å². The van der Waals surface area contributed by atoms with Gasteiger partial charge in [-0.1, -0.05) is 6.92 Å². The van der Waals surface area contributed by atoms with E-state index in [-0.39, 0.29) is 11.2 Å². The first-order chi connectivity index (χ1) is 8.54. The van der Waals surface area contributed by atoms with E-state index in [2.05, 4.69) is 28.2 Å². The molecule has 2 rings (SSSR count). The lowest BCUT2D eigenvalue weighted by Crippen LogP contribution is -2.47. The van der Waals surface area contributed by atoms with Crippen molar-refractivity contribution in [2.75, 3.05) is 26.9 Å². The molecule has 2 N–H and O–H groups in total. The monoisotopic (exact) mass is 315 g/mol. The molecule has 5 heteroatoms. The van der Waals surface area contributed by atoms with E-state index in [0.29, 0.717) is 10.2 Å². The Kier molecular flexibility index (Phi) is 4.14. The van der Waals surface area contributed by atoms with Crippen LogP contribution >= 0.6 is 15.9 Å². The van der Waals surface area contributed by atoms with Crippen LogP contribution in [0.25, 0.3) is 0 Å². The number of halogens is 1. The molecule has 0 bridgehead atoms. The van der Waals surface area contributed by atoms with Crippen molar-refractivity contribution < 1.29 is 14.6 Å². The Bertz CT molecular complexity index is 432. The van der Waals surface area contributed by atoms with Gasteiger partial charge in [0.2, 0.25) is 0 Å². The predicted octanol–water partition coefficient (Wildman–Crippen LogP) is 2.29. The van der Waals surface area contributed by atoms with Crippen LogP contribution in [0.3, 0.4) is 0 Å². The van der Waals surface area contributed by atoms with Gasteiger partial charge in [-0.25, -0.2) is 0 Å². The zero-order chi connectivity index (χ0) is 13.2. The number of rotatable bonds is 5. The van der Waals surface area contributed by atoms with Crippen LogP contribution in [0.1, 0.15) is 12.5 Å². The highest BCUT2D eigenvalue weighted by Crippen LogP contribution is 2.35. The van der Waals surface area contributed by atoms with E-state index in [1.165, 1.54) is 0 Å². The number of methoxy groups -OCH3 is 1. The number of aromatic hydroxyl groups is 1. The van der Waals surface area contributed by atoms with E-state index < -0.39 is 0 Å². The van der Waals surface area contributed by atoms with E-state index in [0.717, 1.165) is 31.9 Å². The minimum Gasteiger partial charge on any atom is -0.503 e. The van der Waals surface area contributed by atoms with Gasteiger partial charge in [-0.2, -0.15) is 0 Å². The quantitative estimate of drug-likeness (QED) is 0.875. The Labute approximate surface area is 115 Å². The van der Waals surface area contributed by atoms with Crippen molar-refractivity contribution in [3.8, 4) is 11.5 Å². The minimum absolute atomic E-state index is 0.139. The summed E-state index contributed by atoms with van der Waals surface area (Å²) in [7, 11) is 1.55. The summed E-state index contributed by atoms with van der Waals surface area (Å²) in [6.07, 6.45) is 0. The maximum atomic E-state index is 9.72. The number of phenols is 1. The first-order valence-corrected chi connectivity index (χ1v) is 6.67. The van der Waals surface area contributed by atoms with Crippen molar-refractivity contribution in [3.63, 3.8) is 0 Å². The lowest BCUT2D eigenvalue weighted by atomic mass is 9.89. The molecule has 4 nitrogen and oxygen atoms in total. The summed E-state index contributed by atoms with van der Waals surface area (Å²) in [5, 5.41) is 13.1. The first kappa shape index (κ1) is 13.6. The maximum Gasteiger partial charge on any atom is 0.172 e. The molecule has 0 aromatic heterocycles. The Morgan fingerprint density at radius 2 is 2.22 bits per heavy atom. The number of benzene rings is 1. The fraction of sp³-hybridized carbons (Fsp3) is 0.538. The van der Waals surface area contributed by atoms with E-state index in [1.807, 2.05) is 12.1 Å². The standard InChI is InChI=1S/C13H18BrNO3/c1-13(7-18-8-13)6-15-5-9-3-10(14)12(16)11(4-9)17-2/h3-4,15-16H,5-8H2,1-2H3. The number of hydrogen-bond acceptors (Lipinski definition) is 4. The summed E-state index contributed by atoms with van der Waals surface area (Å²) in [6, 6.07) is 3.73. The van der Waals surface area contributed by atoms with Gasteiger partial charge in [-0.3, -0.25) is 0 Å². The SMILES string of the molecule is COc1cc(CNCC2(C)COC2)cc(Br)c1O. The van der Waals surface area contributed by atoms with Crippen LogP contribution in [0.5, 0.6) is 11.5 Å². The van der Waals surface area contributed by atoms with E-state index in [1.54, 1.807) is 7.11 Å². The van der Waals surface area contributed by atoms with Gasteiger partial charge in [0.1, 0.15) is 0 Å². The third-order valence-electron chi connectivity index (χ3n) is 3.09. The van der Waals surface area contributed by atoms with E-state index in [4.69, 9.17) is 9.47 Å². The van der Waals surface area contributed by atoms with Gasteiger partial charge in [0, 0.05) is 18.5 Å². The van der Waals surface area contributed by atoms with Crippen molar-refractivity contribution in [2.24, 2.45) is 5.41 Å². The van der Waals surface area contributed by atoms with Gasteiger partial charge in [0.15, 0.2) is 11.5 Å². The number of ether oxygens (including phenoxy) is 2. The van der Waals surface area contributed by atoms with Crippen LogP contribution in [0.4, 0.5) is 0 Å². The molecule has 100 valence electrons. The highest BCUT2D eigenvalue weighted by atomic mass is 79.9. The van der Waals surface area contributed by atoms with Crippen molar-refractivity contribution in [1.29, 1.82) is 0 Å². The van der Waals surface area contributed by atoms with Crippen LogP contribution in [-0.2, 0) is 11.3 Å². The Morgan fingerprint density at radius 1 is 1.50 bits per heavy atom. The topological polar surface area (TPSA) is 50.7 Å². The fourth-order valence-corrected chi connectivity index (χ4v) is 2.44. The highest BCUT2D eigenvalue weighted by molar-refractivity contribution is 9.10. The number of hydrogen-bond donors (Lipinski definition) is 2. The van der Waals surface area contributed by atoms with Gasteiger partial charge in [0.05, 0.1) is 24.8 Å². The summed E-state index contributed by atoms with van der Waals surface area (Å²) < 4.78 is 11.0. The molecule has 0 amide bonds. The minimum atomic E-state index is 0.139. The van der Waals surface area contributed by atoms with Gasteiger partial charge < -0.3 is 19.9 Å². The molecule has 1 fully saturated rings. The van der Waals surface area contributed by atoms with Gasteiger partial charge >= 0.3 is 0 Å². The molecule has 0 atom stereocenters. The number of phenolic OH excluding ortho intramolecular Hbond substituents is 1. The second kappa shape index (κ2) is 5.47. The summed E-state index contributed by atoms with van der Waals surface area (Å²) >= 11 is 3.32. The Hall–Kier alpha value is -0.780. The van der Waals surface area contributed by atoms with Crippen molar-refractivity contribution in [2.45, 2.75) is 13.5 Å². The average molecular weight is 316 g/mol. The molecule has 1 aromatic carbocycles. The van der Waals surface area contributed by atoms with E-state index >= 15 is 0 Å². The Morgan fingerprint density at radius 3 is 2.78 bits per heavy atom. The summed E-state index contributed by atoms with van der Waals surface area (Å²) in [4.78, 5) is 0. The molecule has 1 saturated heterocycles. The molecule has 0 saturated carbocycles. The van der Waals surface area contributed by atoms with Crippen LogP contribution in [0.15, 0.2) is 16.6 Å². The average Bonchev–Trinajstić information content (AvgIpc) is 2.31. The third kappa shape index (κ3) is 2.96. The lowest BCUT2D eigenvalue weighted by molar-refractivity contribution is -0.0991. The smallest absolute Gasteiger partial charge is 0.172 e. The molecule has 1 heterocycles. The lowest BCUT2D eigenvalue weighted by Gasteiger charge is -2.38. The number of nitrogens with one attached hydrogen (secondary N) is 1. The summed E-state index contributed by atoms with van der Waals surface area (Å²) in [6.45, 7) is 5.51. The molecular weight excluding hydrogens is 298 g/mol. The fourth-order valence-electron chi connectivity index (χ4n) is 1.95. The van der Waals surface area contributed by atoms with Gasteiger partial charge in [-0.15, -0.1) is 0 Å². The second-order valence-corrected chi connectivity index (χ2v) is 5.89.